The topological polar surface area (TPSA) is 57.0 Å². The zero-order chi connectivity index (χ0) is 16.9. The lowest BCUT2D eigenvalue weighted by atomic mass is 10.1. The first kappa shape index (κ1) is 15.9. The van der Waals surface area contributed by atoms with Gasteiger partial charge in [-0.15, -0.1) is 0 Å². The third kappa shape index (κ3) is 3.06. The normalized spacial score (nSPS) is 11.2. The van der Waals surface area contributed by atoms with Gasteiger partial charge < -0.3 is 4.74 Å². The molecule has 0 bridgehead atoms. The van der Waals surface area contributed by atoms with E-state index in [1.54, 1.807) is 23.0 Å². The molecule has 0 spiro atoms. The molecule has 2 aromatic heterocycles. The van der Waals surface area contributed by atoms with Gasteiger partial charge in [0, 0.05) is 12.1 Å². The maximum atomic E-state index is 12.5. The number of nitrogens with zero attached hydrogens (tertiary/aromatic N) is 3. The lowest BCUT2D eigenvalue weighted by molar-refractivity contribution is 0.0551. The molecule has 0 saturated carbocycles. The smallest absolute Gasteiger partial charge is 0.339 e. The van der Waals surface area contributed by atoms with Crippen molar-refractivity contribution in [1.29, 1.82) is 0 Å². The number of carbonyl (C=O) groups is 1. The van der Waals surface area contributed by atoms with Gasteiger partial charge in [-0.25, -0.2) is 14.5 Å². The zero-order valence-corrected chi connectivity index (χ0v) is 13.8. The summed E-state index contributed by atoms with van der Waals surface area (Å²) in [5.74, 6) is -0.367. The maximum absolute atomic E-state index is 12.5. The van der Waals surface area contributed by atoms with Gasteiger partial charge in [0.25, 0.3) is 0 Å². The largest absolute Gasteiger partial charge is 0.458 e. The molecule has 0 radical (unpaired) electrons. The van der Waals surface area contributed by atoms with E-state index in [1.807, 2.05) is 50.3 Å². The van der Waals surface area contributed by atoms with Crippen LogP contribution in [0.5, 0.6) is 0 Å². The van der Waals surface area contributed by atoms with Crippen molar-refractivity contribution in [3.8, 4) is 11.3 Å². The summed E-state index contributed by atoms with van der Waals surface area (Å²) in [6.45, 7) is 4.81. The first-order valence-electron chi connectivity index (χ1n) is 7.94. The monoisotopic (exact) mass is 321 g/mol. The summed E-state index contributed by atoms with van der Waals surface area (Å²) in [5.41, 5.74) is 2.86. The number of fused-ring (bicyclic) bond motifs is 1. The van der Waals surface area contributed by atoms with E-state index < -0.39 is 0 Å². The molecule has 0 aliphatic rings. The molecule has 5 nitrogen and oxygen atoms in total. The van der Waals surface area contributed by atoms with Gasteiger partial charge in [-0.1, -0.05) is 42.5 Å². The van der Waals surface area contributed by atoms with Gasteiger partial charge in [-0.2, -0.15) is 5.10 Å². The Morgan fingerprint density at radius 1 is 1.29 bits per heavy atom. The minimum Gasteiger partial charge on any atom is -0.458 e. The van der Waals surface area contributed by atoms with Crippen LogP contribution in [0.1, 0.15) is 24.2 Å². The summed E-state index contributed by atoms with van der Waals surface area (Å²) in [4.78, 5) is 17.2. The van der Waals surface area contributed by atoms with Gasteiger partial charge in [-0.3, -0.25) is 0 Å². The third-order valence-corrected chi connectivity index (χ3v) is 3.74. The van der Waals surface area contributed by atoms with Crippen LogP contribution in [0.3, 0.4) is 0 Å². The molecule has 122 valence electrons. The number of aryl methyl sites for hydroxylation is 1. The highest BCUT2D eigenvalue weighted by molar-refractivity contribution is 6.03. The summed E-state index contributed by atoms with van der Waals surface area (Å²) >= 11 is 0. The number of hydrogen-bond donors (Lipinski definition) is 0. The van der Waals surface area contributed by atoms with Crippen LogP contribution in [0.4, 0.5) is 0 Å². The number of rotatable bonds is 5. The molecular weight excluding hydrogens is 302 g/mol. The molecule has 0 aliphatic heterocycles. The molecule has 2 heterocycles. The standard InChI is InChI=1S/C19H19N3O2/c1-3-5-11-24-19(23)15-12-17(14-9-7-6-8-10-14)21-18-16(15)13-20-22(18)4-2/h3,5-10,12-13H,4,11H2,1-2H3/b5-3+. The SMILES string of the molecule is C/C=C/COC(=O)c1cc(-c2ccccc2)nc2c1cnn2CC. The van der Waals surface area contributed by atoms with Gasteiger partial charge in [0.2, 0.25) is 0 Å². The van der Waals surface area contributed by atoms with Crippen LogP contribution >= 0.6 is 0 Å². The number of aromatic nitrogens is 3. The van der Waals surface area contributed by atoms with Crippen molar-refractivity contribution >= 4 is 17.0 Å². The van der Waals surface area contributed by atoms with E-state index in [1.165, 1.54) is 0 Å². The summed E-state index contributed by atoms with van der Waals surface area (Å²) < 4.78 is 7.10. The minimum atomic E-state index is -0.367. The highest BCUT2D eigenvalue weighted by Gasteiger charge is 2.18. The fourth-order valence-corrected chi connectivity index (χ4v) is 2.50. The molecule has 0 saturated heterocycles. The molecule has 0 aliphatic carbocycles. The van der Waals surface area contributed by atoms with Gasteiger partial charge >= 0.3 is 5.97 Å². The highest BCUT2D eigenvalue weighted by atomic mass is 16.5. The number of benzene rings is 1. The summed E-state index contributed by atoms with van der Waals surface area (Å²) in [6, 6.07) is 11.6. The molecular formula is C19H19N3O2. The van der Waals surface area contributed by atoms with Crippen LogP contribution in [0.15, 0.2) is 54.7 Å². The number of allylic oxidation sites excluding steroid dienone is 1. The van der Waals surface area contributed by atoms with E-state index in [0.29, 0.717) is 23.1 Å². The zero-order valence-electron chi connectivity index (χ0n) is 13.8. The minimum absolute atomic E-state index is 0.252. The predicted molar refractivity (Wildman–Crippen MR) is 93.7 cm³/mol. The molecule has 5 heteroatoms. The van der Waals surface area contributed by atoms with E-state index in [0.717, 1.165) is 11.3 Å². The Balaban J connectivity index is 2.12. The van der Waals surface area contributed by atoms with E-state index in [2.05, 4.69) is 5.10 Å². The number of ether oxygens (including phenoxy) is 1. The van der Waals surface area contributed by atoms with Crippen molar-refractivity contribution in [2.75, 3.05) is 6.61 Å². The maximum Gasteiger partial charge on any atom is 0.339 e. The Morgan fingerprint density at radius 3 is 2.79 bits per heavy atom. The molecule has 0 unspecified atom stereocenters. The van der Waals surface area contributed by atoms with Crippen LogP contribution < -0.4 is 0 Å². The fourth-order valence-electron chi connectivity index (χ4n) is 2.50. The van der Waals surface area contributed by atoms with E-state index in [-0.39, 0.29) is 12.6 Å². The Bertz CT molecular complexity index is 882. The quantitative estimate of drug-likeness (QED) is 0.529. The average molecular weight is 321 g/mol. The van der Waals surface area contributed by atoms with E-state index >= 15 is 0 Å². The summed E-state index contributed by atoms with van der Waals surface area (Å²) in [5, 5.41) is 5.03. The van der Waals surface area contributed by atoms with Gasteiger partial charge in [-0.05, 0) is 19.9 Å². The third-order valence-electron chi connectivity index (χ3n) is 3.74. The van der Waals surface area contributed by atoms with Crippen LogP contribution in [0.25, 0.3) is 22.3 Å². The van der Waals surface area contributed by atoms with Crippen molar-refractivity contribution in [2.24, 2.45) is 0 Å². The second kappa shape index (κ2) is 7.08. The number of hydrogen-bond acceptors (Lipinski definition) is 4. The summed E-state index contributed by atoms with van der Waals surface area (Å²) in [6.07, 6.45) is 5.32. The predicted octanol–water partition coefficient (Wildman–Crippen LogP) is 3.85. The second-order valence-corrected chi connectivity index (χ2v) is 5.29. The van der Waals surface area contributed by atoms with Crippen molar-refractivity contribution < 1.29 is 9.53 Å². The Hall–Kier alpha value is -2.95. The molecule has 0 fully saturated rings. The highest BCUT2D eigenvalue weighted by Crippen LogP contribution is 2.25. The fraction of sp³-hybridized carbons (Fsp3) is 0.211. The lowest BCUT2D eigenvalue weighted by Gasteiger charge is -2.08. The average Bonchev–Trinajstić information content (AvgIpc) is 3.04. The van der Waals surface area contributed by atoms with Crippen LogP contribution in [0.2, 0.25) is 0 Å². The number of esters is 1. The Morgan fingerprint density at radius 2 is 2.08 bits per heavy atom. The first-order valence-corrected chi connectivity index (χ1v) is 7.94. The molecule has 0 atom stereocenters. The second-order valence-electron chi connectivity index (χ2n) is 5.29. The van der Waals surface area contributed by atoms with Crippen LogP contribution in [-0.2, 0) is 11.3 Å². The van der Waals surface area contributed by atoms with Crippen molar-refractivity contribution in [3.05, 3.63) is 60.3 Å². The Kier molecular flexibility index (Phi) is 4.70. The van der Waals surface area contributed by atoms with Gasteiger partial charge in [0.1, 0.15) is 6.61 Å². The van der Waals surface area contributed by atoms with Crippen molar-refractivity contribution in [1.82, 2.24) is 14.8 Å². The lowest BCUT2D eigenvalue weighted by Crippen LogP contribution is -2.07. The first-order chi connectivity index (χ1) is 11.7. The van der Waals surface area contributed by atoms with Crippen molar-refractivity contribution in [3.63, 3.8) is 0 Å². The van der Waals surface area contributed by atoms with Crippen molar-refractivity contribution in [2.45, 2.75) is 20.4 Å². The van der Waals surface area contributed by atoms with Gasteiger partial charge in [0.05, 0.1) is 22.8 Å². The Labute approximate surface area is 140 Å². The van der Waals surface area contributed by atoms with E-state index in [4.69, 9.17) is 9.72 Å². The van der Waals surface area contributed by atoms with Crippen LogP contribution in [0, 0.1) is 0 Å². The molecule has 3 rings (SSSR count). The molecule has 1 aromatic carbocycles. The molecule has 3 aromatic rings. The summed E-state index contributed by atoms with van der Waals surface area (Å²) in [7, 11) is 0. The molecule has 24 heavy (non-hydrogen) atoms. The van der Waals surface area contributed by atoms with Gasteiger partial charge in [0.15, 0.2) is 5.65 Å². The van der Waals surface area contributed by atoms with Crippen LogP contribution in [-0.4, -0.2) is 27.3 Å². The number of carbonyl (C=O) groups excluding carboxylic acids is 1. The number of pyridine rings is 1. The molecule has 0 N–H and O–H groups in total. The van der Waals surface area contributed by atoms with E-state index in [9.17, 15) is 4.79 Å². The molecule has 0 amide bonds.